The summed E-state index contributed by atoms with van der Waals surface area (Å²) < 4.78 is 0. The third-order valence-corrected chi connectivity index (χ3v) is 5.87. The average Bonchev–Trinajstić information content (AvgIpc) is 2.86. The lowest BCUT2D eigenvalue weighted by molar-refractivity contribution is 0.0544. The van der Waals surface area contributed by atoms with Crippen LogP contribution in [0.5, 0.6) is 0 Å². The standard InChI is InChI=1S/C18H23N3O2S/c19-11-13-3-1-2-4-14(13)12-24-8-7-20-18(23)21-15-5-6-16(21)10-17(22)9-15/h1-4,15-17,22H,5-10,12H2,(H,20,23)/t15-,16-/m0/s1. The van der Waals surface area contributed by atoms with E-state index in [1.165, 1.54) is 0 Å². The maximum absolute atomic E-state index is 12.4. The Kier molecular flexibility index (Phi) is 5.64. The lowest BCUT2D eigenvalue weighted by atomic mass is 10.0. The number of thioether (sulfide) groups is 1. The van der Waals surface area contributed by atoms with E-state index in [0.29, 0.717) is 19.4 Å². The van der Waals surface area contributed by atoms with E-state index in [0.717, 1.165) is 35.5 Å². The van der Waals surface area contributed by atoms with Crippen LogP contribution in [-0.4, -0.2) is 46.5 Å². The molecule has 2 atom stereocenters. The minimum Gasteiger partial charge on any atom is -0.393 e. The molecular formula is C18H23N3O2S. The molecule has 1 aromatic carbocycles. The van der Waals surface area contributed by atoms with Crippen LogP contribution in [0.1, 0.15) is 36.8 Å². The molecular weight excluding hydrogens is 322 g/mol. The second-order valence-corrected chi connectivity index (χ2v) is 7.58. The van der Waals surface area contributed by atoms with Gasteiger partial charge in [-0.2, -0.15) is 17.0 Å². The quantitative estimate of drug-likeness (QED) is 0.804. The number of piperidine rings is 1. The van der Waals surface area contributed by atoms with E-state index in [4.69, 9.17) is 5.26 Å². The summed E-state index contributed by atoms with van der Waals surface area (Å²) in [6, 6.07) is 10.2. The van der Waals surface area contributed by atoms with Crippen molar-refractivity contribution in [2.75, 3.05) is 12.3 Å². The van der Waals surface area contributed by atoms with E-state index in [2.05, 4.69) is 11.4 Å². The lowest BCUT2D eigenvalue weighted by Gasteiger charge is -2.37. The molecule has 2 saturated heterocycles. The van der Waals surface area contributed by atoms with E-state index in [-0.39, 0.29) is 24.2 Å². The Balaban J connectivity index is 1.39. The molecule has 1 aromatic rings. The van der Waals surface area contributed by atoms with Gasteiger partial charge in [0.2, 0.25) is 0 Å². The van der Waals surface area contributed by atoms with Crippen LogP contribution >= 0.6 is 11.8 Å². The zero-order valence-electron chi connectivity index (χ0n) is 13.6. The van der Waals surface area contributed by atoms with Crippen molar-refractivity contribution in [1.29, 1.82) is 5.26 Å². The molecule has 0 aliphatic carbocycles. The molecule has 2 bridgehead atoms. The Labute approximate surface area is 147 Å². The Bertz CT molecular complexity index is 617. The number of aliphatic hydroxyl groups excluding tert-OH is 1. The maximum Gasteiger partial charge on any atom is 0.317 e. The van der Waals surface area contributed by atoms with Gasteiger partial charge >= 0.3 is 6.03 Å². The summed E-state index contributed by atoms with van der Waals surface area (Å²) in [5.41, 5.74) is 1.76. The van der Waals surface area contributed by atoms with Crippen LogP contribution in [0.3, 0.4) is 0 Å². The predicted octanol–water partition coefficient (Wildman–Crippen LogP) is 2.49. The number of aliphatic hydroxyl groups is 1. The minimum absolute atomic E-state index is 0.00688. The molecule has 2 amide bonds. The SMILES string of the molecule is N#Cc1ccccc1CSCCNC(=O)N1[C@H]2CC[C@H]1CC(O)C2. The molecule has 6 heteroatoms. The fraction of sp³-hybridized carbons (Fsp3) is 0.556. The number of urea groups is 1. The van der Waals surface area contributed by atoms with Crippen LogP contribution in [0.15, 0.2) is 24.3 Å². The number of fused-ring (bicyclic) bond motifs is 2. The summed E-state index contributed by atoms with van der Waals surface area (Å²) in [7, 11) is 0. The topological polar surface area (TPSA) is 76.4 Å². The highest BCUT2D eigenvalue weighted by Crippen LogP contribution is 2.35. The lowest BCUT2D eigenvalue weighted by Crippen LogP contribution is -2.52. The monoisotopic (exact) mass is 345 g/mol. The van der Waals surface area contributed by atoms with Gasteiger partial charge in [0.15, 0.2) is 0 Å². The van der Waals surface area contributed by atoms with Crippen molar-refractivity contribution in [3.63, 3.8) is 0 Å². The average molecular weight is 345 g/mol. The first-order chi connectivity index (χ1) is 11.7. The van der Waals surface area contributed by atoms with Gasteiger partial charge in [-0.1, -0.05) is 18.2 Å². The molecule has 2 aliphatic heterocycles. The summed E-state index contributed by atoms with van der Waals surface area (Å²) in [6.45, 7) is 0.622. The number of nitriles is 1. The number of hydrogen-bond donors (Lipinski definition) is 2. The number of hydrogen-bond acceptors (Lipinski definition) is 4. The van der Waals surface area contributed by atoms with E-state index in [1.807, 2.05) is 29.2 Å². The normalized spacial score (nSPS) is 25.3. The van der Waals surface area contributed by atoms with Crippen LogP contribution in [0.4, 0.5) is 4.79 Å². The van der Waals surface area contributed by atoms with Crippen LogP contribution < -0.4 is 5.32 Å². The Morgan fingerprint density at radius 2 is 2.04 bits per heavy atom. The zero-order chi connectivity index (χ0) is 16.9. The fourth-order valence-corrected chi connectivity index (χ4v) is 4.60. The first-order valence-corrected chi connectivity index (χ1v) is 9.64. The van der Waals surface area contributed by atoms with Gasteiger partial charge in [-0.05, 0) is 37.3 Å². The van der Waals surface area contributed by atoms with Crippen molar-refractivity contribution < 1.29 is 9.90 Å². The summed E-state index contributed by atoms with van der Waals surface area (Å²) in [5, 5.41) is 21.9. The van der Waals surface area contributed by atoms with Gasteiger partial charge in [0.25, 0.3) is 0 Å². The summed E-state index contributed by atoms with van der Waals surface area (Å²) in [6.07, 6.45) is 3.19. The highest BCUT2D eigenvalue weighted by molar-refractivity contribution is 7.98. The number of nitrogens with zero attached hydrogens (tertiary/aromatic N) is 2. The van der Waals surface area contributed by atoms with E-state index >= 15 is 0 Å². The third kappa shape index (κ3) is 3.85. The highest BCUT2D eigenvalue weighted by Gasteiger charge is 2.42. The molecule has 2 fully saturated rings. The molecule has 0 radical (unpaired) electrons. The summed E-state index contributed by atoms with van der Waals surface area (Å²) in [4.78, 5) is 14.3. The molecule has 0 aromatic heterocycles. The molecule has 2 aliphatic rings. The Morgan fingerprint density at radius 3 is 2.75 bits per heavy atom. The largest absolute Gasteiger partial charge is 0.393 e. The van der Waals surface area contributed by atoms with Crippen LogP contribution in [0, 0.1) is 11.3 Å². The van der Waals surface area contributed by atoms with Gasteiger partial charge in [-0.15, -0.1) is 0 Å². The molecule has 2 N–H and O–H groups in total. The first kappa shape index (κ1) is 17.1. The third-order valence-electron chi connectivity index (χ3n) is 4.86. The number of carbonyl (C=O) groups excluding carboxylic acids is 1. The summed E-state index contributed by atoms with van der Waals surface area (Å²) in [5.74, 6) is 1.60. The van der Waals surface area contributed by atoms with Gasteiger partial charge in [-0.25, -0.2) is 4.79 Å². The molecule has 128 valence electrons. The molecule has 0 spiro atoms. The van der Waals surface area contributed by atoms with Gasteiger partial charge in [-0.3, -0.25) is 0 Å². The Hall–Kier alpha value is -1.71. The second kappa shape index (κ2) is 7.91. The molecule has 5 nitrogen and oxygen atoms in total. The summed E-state index contributed by atoms with van der Waals surface area (Å²) >= 11 is 1.72. The minimum atomic E-state index is -0.248. The van der Waals surface area contributed by atoms with E-state index < -0.39 is 0 Å². The zero-order valence-corrected chi connectivity index (χ0v) is 14.5. The maximum atomic E-state index is 12.4. The van der Waals surface area contributed by atoms with Crippen molar-refractivity contribution in [3.05, 3.63) is 35.4 Å². The van der Waals surface area contributed by atoms with Crippen molar-refractivity contribution in [2.45, 2.75) is 49.6 Å². The number of amides is 2. The Morgan fingerprint density at radius 1 is 1.33 bits per heavy atom. The number of rotatable bonds is 5. The van der Waals surface area contributed by atoms with Crippen molar-refractivity contribution >= 4 is 17.8 Å². The molecule has 0 saturated carbocycles. The number of carbonyl (C=O) groups is 1. The molecule has 24 heavy (non-hydrogen) atoms. The second-order valence-electron chi connectivity index (χ2n) is 6.47. The molecule has 3 rings (SSSR count). The highest BCUT2D eigenvalue weighted by atomic mass is 32.2. The van der Waals surface area contributed by atoms with Crippen molar-refractivity contribution in [1.82, 2.24) is 10.2 Å². The fourth-order valence-electron chi connectivity index (χ4n) is 3.74. The van der Waals surface area contributed by atoms with Gasteiger partial charge in [0, 0.05) is 30.1 Å². The van der Waals surface area contributed by atoms with E-state index in [1.54, 1.807) is 11.8 Å². The van der Waals surface area contributed by atoms with Gasteiger partial charge in [0.05, 0.1) is 17.7 Å². The van der Waals surface area contributed by atoms with Crippen LogP contribution in [-0.2, 0) is 5.75 Å². The smallest absolute Gasteiger partial charge is 0.317 e. The first-order valence-electron chi connectivity index (χ1n) is 8.49. The predicted molar refractivity (Wildman–Crippen MR) is 94.6 cm³/mol. The van der Waals surface area contributed by atoms with Crippen LogP contribution in [0.2, 0.25) is 0 Å². The van der Waals surface area contributed by atoms with Crippen LogP contribution in [0.25, 0.3) is 0 Å². The van der Waals surface area contributed by atoms with E-state index in [9.17, 15) is 9.90 Å². The number of nitrogens with one attached hydrogen (secondary N) is 1. The van der Waals surface area contributed by atoms with Gasteiger partial charge < -0.3 is 15.3 Å². The molecule has 0 unspecified atom stereocenters. The van der Waals surface area contributed by atoms with Gasteiger partial charge in [0.1, 0.15) is 0 Å². The van der Waals surface area contributed by atoms with Crippen molar-refractivity contribution in [3.8, 4) is 6.07 Å². The number of benzene rings is 1. The molecule has 2 heterocycles. The van der Waals surface area contributed by atoms with Crippen molar-refractivity contribution in [2.24, 2.45) is 0 Å².